The third-order valence-corrected chi connectivity index (χ3v) is 6.79. The predicted molar refractivity (Wildman–Crippen MR) is 125 cm³/mol. The van der Waals surface area contributed by atoms with Gasteiger partial charge in [-0.3, -0.25) is 9.59 Å². The molecular weight excluding hydrogens is 458 g/mol. The fourth-order valence-corrected chi connectivity index (χ4v) is 5.10. The van der Waals surface area contributed by atoms with E-state index in [4.69, 9.17) is 18.6 Å². The summed E-state index contributed by atoms with van der Waals surface area (Å²) in [6.45, 7) is 0.757. The smallest absolute Gasteiger partial charge is 0.277 e. The highest BCUT2D eigenvalue weighted by molar-refractivity contribution is 7.99. The van der Waals surface area contributed by atoms with Crippen molar-refractivity contribution in [1.29, 1.82) is 0 Å². The molecule has 1 aromatic heterocycles. The van der Waals surface area contributed by atoms with E-state index in [2.05, 4.69) is 10.2 Å². The van der Waals surface area contributed by atoms with Crippen LogP contribution in [0.25, 0.3) is 11.5 Å². The van der Waals surface area contributed by atoms with Gasteiger partial charge in [0, 0.05) is 17.7 Å². The van der Waals surface area contributed by atoms with Crippen LogP contribution in [0, 0.1) is 0 Å². The molecule has 0 unspecified atom stereocenters. The van der Waals surface area contributed by atoms with Gasteiger partial charge < -0.3 is 23.5 Å². The Balaban J connectivity index is 1.32. The van der Waals surface area contributed by atoms with Crippen LogP contribution >= 0.6 is 11.8 Å². The monoisotopic (exact) mass is 481 g/mol. The summed E-state index contributed by atoms with van der Waals surface area (Å²) in [4.78, 5) is 27.0. The Morgan fingerprint density at radius 3 is 2.50 bits per heavy atom. The molecule has 34 heavy (non-hydrogen) atoms. The number of thioether (sulfide) groups is 1. The van der Waals surface area contributed by atoms with Gasteiger partial charge >= 0.3 is 0 Å². The number of rotatable bonds is 8. The van der Waals surface area contributed by atoms with Crippen LogP contribution < -0.4 is 19.1 Å². The minimum Gasteiger partial charge on any atom is -0.493 e. The number of carbonyl (C=O) groups excluding carboxylic acids is 2. The van der Waals surface area contributed by atoms with Crippen LogP contribution in [0.5, 0.6) is 17.2 Å². The molecule has 0 spiro atoms. The molecule has 0 bridgehead atoms. The van der Waals surface area contributed by atoms with Gasteiger partial charge in [-0.05, 0) is 48.2 Å². The van der Waals surface area contributed by atoms with Gasteiger partial charge in [-0.15, -0.1) is 10.2 Å². The van der Waals surface area contributed by atoms with Crippen molar-refractivity contribution >= 4 is 29.1 Å². The number of aryl methyl sites for hydroxylation is 1. The number of aromatic nitrogens is 2. The Hall–Kier alpha value is -3.53. The van der Waals surface area contributed by atoms with Crippen LogP contribution in [0.1, 0.15) is 27.9 Å². The van der Waals surface area contributed by atoms with E-state index < -0.39 is 0 Å². The minimum absolute atomic E-state index is 0.0481. The molecule has 0 saturated heterocycles. The molecule has 0 atom stereocenters. The molecule has 1 amide bonds. The van der Waals surface area contributed by atoms with E-state index in [0.717, 1.165) is 36.2 Å². The minimum atomic E-state index is -0.0481. The van der Waals surface area contributed by atoms with E-state index in [1.165, 1.54) is 33.1 Å². The number of nitrogens with zero attached hydrogens (tertiary/aromatic N) is 3. The molecule has 0 radical (unpaired) electrons. The van der Waals surface area contributed by atoms with Crippen LogP contribution in [0.15, 0.2) is 33.9 Å². The van der Waals surface area contributed by atoms with Crippen molar-refractivity contribution in [2.75, 3.05) is 38.5 Å². The summed E-state index contributed by atoms with van der Waals surface area (Å²) in [5.41, 5.74) is 4.24. The third-order valence-electron chi connectivity index (χ3n) is 5.98. The first-order chi connectivity index (χ1) is 16.5. The number of hydrogen-bond acceptors (Lipinski definition) is 9. The summed E-state index contributed by atoms with van der Waals surface area (Å²) in [6.07, 6.45) is 2.15. The summed E-state index contributed by atoms with van der Waals surface area (Å²) < 4.78 is 21.9. The van der Waals surface area contributed by atoms with Crippen LogP contribution in [0.3, 0.4) is 0 Å². The number of methoxy groups -OCH3 is 3. The predicted octanol–water partition coefficient (Wildman–Crippen LogP) is 3.57. The van der Waals surface area contributed by atoms with E-state index in [-0.39, 0.29) is 28.6 Å². The molecule has 0 aliphatic carbocycles. The number of amides is 1. The van der Waals surface area contributed by atoms with Gasteiger partial charge in [0.25, 0.3) is 5.22 Å². The topological polar surface area (TPSA) is 104 Å². The van der Waals surface area contributed by atoms with Crippen molar-refractivity contribution in [3.63, 3.8) is 0 Å². The Morgan fingerprint density at radius 1 is 1.06 bits per heavy atom. The first-order valence-electron chi connectivity index (χ1n) is 10.8. The van der Waals surface area contributed by atoms with Gasteiger partial charge in [0.05, 0.1) is 39.2 Å². The number of ether oxygens (including phenoxy) is 3. The molecule has 176 valence electrons. The number of ketones is 1. The largest absolute Gasteiger partial charge is 0.493 e. The molecule has 2 aromatic carbocycles. The van der Waals surface area contributed by atoms with Crippen molar-refractivity contribution in [2.45, 2.75) is 24.5 Å². The Kier molecular flexibility index (Phi) is 5.91. The van der Waals surface area contributed by atoms with E-state index >= 15 is 0 Å². The summed E-state index contributed by atoms with van der Waals surface area (Å²) in [7, 11) is 4.59. The van der Waals surface area contributed by atoms with Gasteiger partial charge in [-0.25, -0.2) is 0 Å². The fourth-order valence-electron chi connectivity index (χ4n) is 4.44. The van der Waals surface area contributed by atoms with Crippen LogP contribution in [0.2, 0.25) is 0 Å². The van der Waals surface area contributed by atoms with Gasteiger partial charge in [0.15, 0.2) is 17.3 Å². The lowest BCUT2D eigenvalue weighted by Crippen LogP contribution is -2.31. The van der Waals surface area contributed by atoms with Crippen molar-refractivity contribution in [1.82, 2.24) is 10.2 Å². The van der Waals surface area contributed by atoms with Gasteiger partial charge in [0.2, 0.25) is 17.5 Å². The van der Waals surface area contributed by atoms with Crippen molar-refractivity contribution in [3.8, 4) is 28.7 Å². The molecule has 0 fully saturated rings. The Labute approximate surface area is 200 Å². The molecule has 5 rings (SSSR count). The van der Waals surface area contributed by atoms with Crippen molar-refractivity contribution < 1.29 is 28.2 Å². The summed E-state index contributed by atoms with van der Waals surface area (Å²) in [5.74, 6) is 1.89. The summed E-state index contributed by atoms with van der Waals surface area (Å²) >= 11 is 1.17. The zero-order valence-corrected chi connectivity index (χ0v) is 19.9. The molecule has 3 aromatic rings. The highest BCUT2D eigenvalue weighted by atomic mass is 32.2. The number of anilines is 1. The lowest BCUT2D eigenvalue weighted by Gasteiger charge is -2.25. The second-order valence-electron chi connectivity index (χ2n) is 7.97. The Morgan fingerprint density at radius 2 is 1.79 bits per heavy atom. The fraction of sp³-hybridized carbons (Fsp3) is 0.333. The van der Waals surface area contributed by atoms with Gasteiger partial charge in [-0.1, -0.05) is 11.8 Å². The molecule has 2 aliphatic heterocycles. The first-order valence-corrected chi connectivity index (χ1v) is 11.8. The van der Waals surface area contributed by atoms with Crippen LogP contribution in [-0.4, -0.2) is 55.5 Å². The first kappa shape index (κ1) is 22.3. The molecule has 3 heterocycles. The standard InChI is InChI=1S/C24H23N3O6S/c1-30-18-9-16(10-19(31-2)22(18)32-3)23-25-26-24(33-23)34-12-17(28)14-7-13-5-4-6-27-20(29)11-15(8-14)21(13)27/h7-10H,4-6,11-12H2,1-3H3. The number of carbonyl (C=O) groups is 2. The number of hydrogen-bond donors (Lipinski definition) is 0. The second kappa shape index (κ2) is 9.02. The molecule has 9 nitrogen and oxygen atoms in total. The molecule has 2 aliphatic rings. The Bertz CT molecular complexity index is 1260. The number of Topliss-reactive ketones (excluding diaryl/α,β-unsaturated/α-hetero) is 1. The molecular formula is C24H23N3O6S. The lowest BCUT2D eigenvalue weighted by molar-refractivity contribution is -0.117. The maximum Gasteiger partial charge on any atom is 0.277 e. The lowest BCUT2D eigenvalue weighted by atomic mass is 9.96. The van der Waals surface area contributed by atoms with E-state index in [0.29, 0.717) is 34.8 Å². The quantitative estimate of drug-likeness (QED) is 0.353. The molecule has 10 heteroatoms. The number of benzene rings is 2. The van der Waals surface area contributed by atoms with Gasteiger partial charge in [0.1, 0.15) is 0 Å². The normalized spacial score (nSPS) is 14.2. The highest BCUT2D eigenvalue weighted by Gasteiger charge is 2.33. The maximum atomic E-state index is 12.9. The SMILES string of the molecule is COc1cc(-c2nnc(SCC(=O)c3cc4c5c(c3)CC(=O)N5CCC4)o2)cc(OC)c1OC. The van der Waals surface area contributed by atoms with Crippen molar-refractivity contribution in [3.05, 3.63) is 41.0 Å². The third kappa shape index (κ3) is 3.87. The van der Waals surface area contributed by atoms with Gasteiger partial charge in [-0.2, -0.15) is 0 Å². The second-order valence-corrected chi connectivity index (χ2v) is 8.89. The maximum absolute atomic E-state index is 12.9. The average Bonchev–Trinajstić information content (AvgIpc) is 3.47. The van der Waals surface area contributed by atoms with Crippen molar-refractivity contribution in [2.24, 2.45) is 0 Å². The summed E-state index contributed by atoms with van der Waals surface area (Å²) in [5, 5.41) is 8.44. The molecule has 0 saturated carbocycles. The summed E-state index contributed by atoms with van der Waals surface area (Å²) in [6, 6.07) is 7.20. The molecule has 0 N–H and O–H groups in total. The average molecular weight is 482 g/mol. The van der Waals surface area contributed by atoms with E-state index in [9.17, 15) is 9.59 Å². The van der Waals surface area contributed by atoms with Crippen LogP contribution in [0.4, 0.5) is 5.69 Å². The zero-order valence-electron chi connectivity index (χ0n) is 19.0. The van der Waals surface area contributed by atoms with E-state index in [1.807, 2.05) is 17.0 Å². The van der Waals surface area contributed by atoms with E-state index in [1.54, 1.807) is 12.1 Å². The zero-order chi connectivity index (χ0) is 23.8. The highest BCUT2D eigenvalue weighted by Crippen LogP contribution is 2.41. The van der Waals surface area contributed by atoms with Crippen LogP contribution in [-0.2, 0) is 17.6 Å².